The van der Waals surface area contributed by atoms with Gasteiger partial charge in [-0.1, -0.05) is 25.4 Å². The van der Waals surface area contributed by atoms with Gasteiger partial charge in [0, 0.05) is 23.3 Å². The minimum absolute atomic E-state index is 0.0484. The van der Waals surface area contributed by atoms with Crippen LogP contribution in [-0.2, 0) is 0 Å². The van der Waals surface area contributed by atoms with Gasteiger partial charge in [0.15, 0.2) is 0 Å². The van der Waals surface area contributed by atoms with E-state index in [0.717, 1.165) is 29.7 Å². The van der Waals surface area contributed by atoms with Crippen LogP contribution in [0.3, 0.4) is 0 Å². The maximum Gasteiger partial charge on any atom is 0.256 e. The third-order valence-electron chi connectivity index (χ3n) is 5.05. The van der Waals surface area contributed by atoms with Crippen LogP contribution < -0.4 is 5.56 Å². The van der Waals surface area contributed by atoms with Crippen LogP contribution in [0.5, 0.6) is 0 Å². The van der Waals surface area contributed by atoms with E-state index in [1.807, 2.05) is 30.9 Å². The summed E-state index contributed by atoms with van der Waals surface area (Å²) >= 11 is 6.07. The average molecular weight is 385 g/mol. The number of hydrogen-bond acceptors (Lipinski definition) is 3. The second-order valence-electron chi connectivity index (χ2n) is 7.24. The van der Waals surface area contributed by atoms with Crippen LogP contribution in [0.1, 0.15) is 60.5 Å². The molecule has 1 fully saturated rings. The zero-order valence-electron chi connectivity index (χ0n) is 15.3. The first-order chi connectivity index (χ1) is 12.9. The number of carbonyl (C=O) groups excluding carboxylic acids is 1. The molecule has 27 heavy (non-hydrogen) atoms. The molecule has 0 radical (unpaired) electrons. The highest BCUT2D eigenvalue weighted by molar-refractivity contribution is 6.31. The normalized spacial score (nSPS) is 17.2. The molecule has 0 saturated carbocycles. The summed E-state index contributed by atoms with van der Waals surface area (Å²) in [5.41, 5.74) is 2.73. The third-order valence-corrected chi connectivity index (χ3v) is 5.28. The highest BCUT2D eigenvalue weighted by Gasteiger charge is 2.34. The van der Waals surface area contributed by atoms with Gasteiger partial charge < -0.3 is 14.9 Å². The summed E-state index contributed by atoms with van der Waals surface area (Å²) in [6.45, 7) is 4.59. The largest absolute Gasteiger partial charge is 0.340 e. The van der Waals surface area contributed by atoms with E-state index in [-0.39, 0.29) is 23.4 Å². The summed E-state index contributed by atoms with van der Waals surface area (Å²) in [5, 5.41) is 0.645. The van der Waals surface area contributed by atoms with Gasteiger partial charge >= 0.3 is 0 Å². The van der Waals surface area contributed by atoms with Gasteiger partial charge in [-0.2, -0.15) is 0 Å². The van der Waals surface area contributed by atoms with Gasteiger partial charge in [-0.05, 0) is 43.0 Å². The Morgan fingerprint density at radius 2 is 2.07 bits per heavy atom. The Bertz CT molecular complexity index is 1070. The van der Waals surface area contributed by atoms with E-state index in [1.165, 1.54) is 6.07 Å². The first-order valence-corrected chi connectivity index (χ1v) is 9.51. The number of aromatic nitrogens is 3. The average Bonchev–Trinajstić information content (AvgIpc) is 3.27. The summed E-state index contributed by atoms with van der Waals surface area (Å²) in [7, 11) is 0. The van der Waals surface area contributed by atoms with Crippen LogP contribution in [0.25, 0.3) is 11.0 Å². The van der Waals surface area contributed by atoms with E-state index in [2.05, 4.69) is 15.0 Å². The summed E-state index contributed by atoms with van der Waals surface area (Å²) in [5.74, 6) is 0.747. The van der Waals surface area contributed by atoms with Crippen molar-refractivity contribution < 1.29 is 4.79 Å². The number of likely N-dealkylation sites (tertiary alicyclic amines) is 1. The number of fused-ring (bicyclic) bond motifs is 1. The molecule has 0 bridgehead atoms. The lowest BCUT2D eigenvalue weighted by molar-refractivity contribution is 0.0728. The highest BCUT2D eigenvalue weighted by Crippen LogP contribution is 2.33. The number of hydrogen-bond donors (Lipinski definition) is 2. The molecule has 1 amide bonds. The monoisotopic (exact) mass is 384 g/mol. The van der Waals surface area contributed by atoms with Crippen molar-refractivity contribution in [2.45, 2.75) is 38.6 Å². The van der Waals surface area contributed by atoms with Crippen molar-refractivity contribution in [1.29, 1.82) is 0 Å². The molecule has 0 aliphatic carbocycles. The molecule has 6 nitrogen and oxygen atoms in total. The Morgan fingerprint density at radius 3 is 2.85 bits per heavy atom. The molecule has 1 aliphatic heterocycles. The third kappa shape index (κ3) is 3.25. The number of nitrogens with one attached hydrogen (secondary N) is 2. The van der Waals surface area contributed by atoms with E-state index in [1.54, 1.807) is 12.1 Å². The number of H-pyrrole nitrogens is 2. The van der Waals surface area contributed by atoms with Gasteiger partial charge in [0.1, 0.15) is 5.82 Å². The fourth-order valence-corrected chi connectivity index (χ4v) is 3.91. The second-order valence-corrected chi connectivity index (χ2v) is 7.68. The predicted octanol–water partition coefficient (Wildman–Crippen LogP) is 4.01. The number of rotatable bonds is 3. The van der Waals surface area contributed by atoms with Crippen molar-refractivity contribution in [3.05, 3.63) is 62.8 Å². The summed E-state index contributed by atoms with van der Waals surface area (Å²) in [4.78, 5) is 37.6. The Morgan fingerprint density at radius 1 is 1.26 bits per heavy atom. The van der Waals surface area contributed by atoms with Crippen molar-refractivity contribution >= 4 is 28.5 Å². The quantitative estimate of drug-likeness (QED) is 0.715. The summed E-state index contributed by atoms with van der Waals surface area (Å²) in [6, 6.07) is 8.44. The molecule has 1 aromatic carbocycles. The molecule has 4 rings (SSSR count). The maximum atomic E-state index is 13.3. The first-order valence-electron chi connectivity index (χ1n) is 9.13. The van der Waals surface area contributed by atoms with Gasteiger partial charge in [-0.15, -0.1) is 0 Å². The topological polar surface area (TPSA) is 81.8 Å². The summed E-state index contributed by atoms with van der Waals surface area (Å²) < 4.78 is 0. The van der Waals surface area contributed by atoms with Gasteiger partial charge in [0.2, 0.25) is 5.56 Å². The van der Waals surface area contributed by atoms with Crippen molar-refractivity contribution in [2.75, 3.05) is 6.54 Å². The van der Waals surface area contributed by atoms with Gasteiger partial charge in [-0.3, -0.25) is 9.59 Å². The molecular weight excluding hydrogens is 364 g/mol. The maximum absolute atomic E-state index is 13.3. The molecular formula is C20H21ClN4O2. The molecule has 3 aromatic rings. The van der Waals surface area contributed by atoms with Crippen molar-refractivity contribution in [1.82, 2.24) is 19.9 Å². The van der Waals surface area contributed by atoms with Crippen molar-refractivity contribution in [2.24, 2.45) is 0 Å². The Labute approximate surface area is 161 Å². The smallest absolute Gasteiger partial charge is 0.256 e. The van der Waals surface area contributed by atoms with Crippen LogP contribution >= 0.6 is 11.6 Å². The molecule has 1 atom stereocenters. The van der Waals surface area contributed by atoms with Gasteiger partial charge in [0.25, 0.3) is 5.91 Å². The van der Waals surface area contributed by atoms with E-state index < -0.39 is 0 Å². The standard InChI is InChI=1S/C20H21ClN4O2/c1-11(2)18-13(6-8-17(26)24-18)20(27)25-9-3-4-16(25)19-22-14-7-5-12(21)10-15(14)23-19/h5-8,10-11,16H,3-4,9H2,1-2H3,(H,22,23)(H,24,26). The Balaban J connectivity index is 1.70. The minimum atomic E-state index is -0.192. The predicted molar refractivity (Wildman–Crippen MR) is 105 cm³/mol. The fourth-order valence-electron chi connectivity index (χ4n) is 3.74. The summed E-state index contributed by atoms with van der Waals surface area (Å²) in [6.07, 6.45) is 1.76. The van der Waals surface area contributed by atoms with Crippen molar-refractivity contribution in [3.8, 4) is 0 Å². The van der Waals surface area contributed by atoms with E-state index in [9.17, 15) is 9.59 Å². The molecule has 3 heterocycles. The fraction of sp³-hybridized carbons (Fsp3) is 0.350. The molecule has 7 heteroatoms. The molecule has 1 saturated heterocycles. The minimum Gasteiger partial charge on any atom is -0.340 e. The highest BCUT2D eigenvalue weighted by atomic mass is 35.5. The molecule has 2 N–H and O–H groups in total. The second kappa shape index (κ2) is 6.85. The number of carbonyl (C=O) groups is 1. The van der Waals surface area contributed by atoms with E-state index in [0.29, 0.717) is 22.8 Å². The van der Waals surface area contributed by atoms with Crippen LogP contribution in [-0.4, -0.2) is 32.3 Å². The number of benzene rings is 1. The molecule has 1 aliphatic rings. The molecule has 0 spiro atoms. The molecule has 2 aromatic heterocycles. The van der Waals surface area contributed by atoms with Crippen LogP contribution in [0.15, 0.2) is 35.1 Å². The number of pyridine rings is 1. The Kier molecular flexibility index (Phi) is 4.52. The molecule has 140 valence electrons. The van der Waals surface area contributed by atoms with Crippen molar-refractivity contribution in [3.63, 3.8) is 0 Å². The van der Waals surface area contributed by atoms with E-state index in [4.69, 9.17) is 11.6 Å². The number of amides is 1. The van der Waals surface area contributed by atoms with Gasteiger partial charge in [-0.25, -0.2) is 4.98 Å². The zero-order chi connectivity index (χ0) is 19.1. The number of aromatic amines is 2. The van der Waals surface area contributed by atoms with Crippen LogP contribution in [0.2, 0.25) is 5.02 Å². The number of imidazole rings is 1. The lowest BCUT2D eigenvalue weighted by Crippen LogP contribution is -2.32. The lowest BCUT2D eigenvalue weighted by atomic mass is 10.0. The first kappa shape index (κ1) is 17.8. The zero-order valence-corrected chi connectivity index (χ0v) is 16.0. The number of nitrogens with zero attached hydrogens (tertiary/aromatic N) is 2. The van der Waals surface area contributed by atoms with Crippen LogP contribution in [0.4, 0.5) is 0 Å². The van der Waals surface area contributed by atoms with Gasteiger partial charge in [0.05, 0.1) is 22.6 Å². The van der Waals surface area contributed by atoms with E-state index >= 15 is 0 Å². The number of halogens is 1. The molecule has 1 unspecified atom stereocenters. The Hall–Kier alpha value is -2.60. The van der Waals surface area contributed by atoms with Crippen LogP contribution in [0, 0.1) is 0 Å². The SMILES string of the molecule is CC(C)c1[nH]c(=O)ccc1C(=O)N1CCCC1c1nc2ccc(Cl)cc2[nH]1. The lowest BCUT2D eigenvalue weighted by Gasteiger charge is -2.24.